The summed E-state index contributed by atoms with van der Waals surface area (Å²) in [6, 6.07) is 20.9. The Morgan fingerprint density at radius 3 is 2.23 bits per heavy atom. The van der Waals surface area contributed by atoms with E-state index in [2.05, 4.69) is 60.7 Å². The van der Waals surface area contributed by atoms with Gasteiger partial charge in [0.15, 0.2) is 5.78 Å². The van der Waals surface area contributed by atoms with Gasteiger partial charge in [0.25, 0.3) is 0 Å². The van der Waals surface area contributed by atoms with Gasteiger partial charge in [-0.3, -0.25) is 4.79 Å². The van der Waals surface area contributed by atoms with Gasteiger partial charge < -0.3 is 0 Å². The molecule has 1 nitrogen and oxygen atoms in total. The Morgan fingerprint density at radius 1 is 0.962 bits per heavy atom. The van der Waals surface area contributed by atoms with E-state index in [1.54, 1.807) is 13.0 Å². The van der Waals surface area contributed by atoms with Crippen LogP contribution < -0.4 is 0 Å². The van der Waals surface area contributed by atoms with Crippen molar-refractivity contribution in [2.75, 3.05) is 0 Å². The maximum absolute atomic E-state index is 11.6. The summed E-state index contributed by atoms with van der Waals surface area (Å²) in [4.78, 5) is 11.6. The average molecular weight is 338 g/mol. The molecule has 0 atom stereocenters. The minimum Gasteiger partial charge on any atom is -0.295 e. The van der Waals surface area contributed by atoms with Gasteiger partial charge in [-0.05, 0) is 71.3 Å². The van der Waals surface area contributed by atoms with E-state index in [-0.39, 0.29) is 5.78 Å². The number of hydrogen-bond acceptors (Lipinski definition) is 1. The topological polar surface area (TPSA) is 17.1 Å². The third kappa shape index (κ3) is 3.52. The molecule has 2 aromatic carbocycles. The van der Waals surface area contributed by atoms with Crippen LogP contribution in [0.1, 0.15) is 30.9 Å². The molecule has 0 amide bonds. The lowest BCUT2D eigenvalue weighted by atomic mass is 9.94. The van der Waals surface area contributed by atoms with Gasteiger partial charge in [-0.15, -0.1) is 0 Å². The standard InChI is InChI=1S/C25H22O/c1-18(26)12-15-23-24(20-13-14-20)17-22(16-19-8-4-2-5-9-19)25(23)21-10-6-3-7-11-21/h2-12,15-17,20H,13-14H2,1H3/b15-12-,22-16+. The third-order valence-corrected chi connectivity index (χ3v) is 4.87. The molecule has 4 rings (SSSR count). The van der Waals surface area contributed by atoms with Gasteiger partial charge in [0.05, 0.1) is 0 Å². The maximum Gasteiger partial charge on any atom is 0.152 e. The van der Waals surface area contributed by atoms with Gasteiger partial charge in [-0.1, -0.05) is 72.8 Å². The quantitative estimate of drug-likeness (QED) is 0.609. The molecular weight excluding hydrogens is 316 g/mol. The molecule has 128 valence electrons. The second-order valence-electron chi connectivity index (χ2n) is 6.98. The van der Waals surface area contributed by atoms with E-state index in [1.165, 1.54) is 46.3 Å². The Morgan fingerprint density at radius 2 is 1.62 bits per heavy atom. The van der Waals surface area contributed by atoms with Crippen LogP contribution in [0.25, 0.3) is 11.6 Å². The monoisotopic (exact) mass is 338 g/mol. The number of rotatable bonds is 5. The Balaban J connectivity index is 1.89. The second-order valence-corrected chi connectivity index (χ2v) is 6.98. The molecule has 0 aliphatic heterocycles. The number of carbonyl (C=O) groups is 1. The van der Waals surface area contributed by atoms with Crippen molar-refractivity contribution in [3.8, 4) is 0 Å². The molecule has 0 N–H and O–H groups in total. The van der Waals surface area contributed by atoms with Gasteiger partial charge in [0, 0.05) is 0 Å². The first kappa shape index (κ1) is 16.5. The number of hydrogen-bond donors (Lipinski definition) is 0. The zero-order chi connectivity index (χ0) is 17.9. The second kappa shape index (κ2) is 7.13. The van der Waals surface area contributed by atoms with E-state index in [1.807, 2.05) is 18.2 Å². The van der Waals surface area contributed by atoms with E-state index in [4.69, 9.17) is 0 Å². The van der Waals surface area contributed by atoms with Crippen LogP contribution in [0.5, 0.6) is 0 Å². The number of carbonyl (C=O) groups excluding carboxylic acids is 1. The zero-order valence-corrected chi connectivity index (χ0v) is 15.0. The Kier molecular flexibility index (Phi) is 4.53. The Bertz CT molecular complexity index is 936. The normalized spacial score (nSPS) is 18.7. The van der Waals surface area contributed by atoms with Crippen LogP contribution in [0.15, 0.2) is 95.6 Å². The number of ketones is 1. The first-order chi connectivity index (χ1) is 12.7. The fraction of sp³-hybridized carbons (Fsp3) is 0.160. The van der Waals surface area contributed by atoms with Gasteiger partial charge >= 0.3 is 0 Å². The summed E-state index contributed by atoms with van der Waals surface area (Å²) < 4.78 is 0. The molecule has 2 aliphatic carbocycles. The summed E-state index contributed by atoms with van der Waals surface area (Å²) in [7, 11) is 0. The summed E-state index contributed by atoms with van der Waals surface area (Å²) >= 11 is 0. The van der Waals surface area contributed by atoms with Crippen molar-refractivity contribution < 1.29 is 4.79 Å². The number of allylic oxidation sites excluding steroid dienone is 7. The summed E-state index contributed by atoms with van der Waals surface area (Å²) in [6.45, 7) is 1.61. The van der Waals surface area contributed by atoms with Gasteiger partial charge in [0.1, 0.15) is 0 Å². The molecule has 1 saturated carbocycles. The number of benzene rings is 2. The smallest absolute Gasteiger partial charge is 0.152 e. The van der Waals surface area contributed by atoms with Crippen LogP contribution in [-0.2, 0) is 4.79 Å². The molecule has 0 saturated heterocycles. The van der Waals surface area contributed by atoms with E-state index >= 15 is 0 Å². The van der Waals surface area contributed by atoms with Crippen molar-refractivity contribution in [3.63, 3.8) is 0 Å². The zero-order valence-electron chi connectivity index (χ0n) is 15.0. The molecule has 0 spiro atoms. The van der Waals surface area contributed by atoms with Crippen LogP contribution in [0, 0.1) is 5.92 Å². The highest BCUT2D eigenvalue weighted by Gasteiger charge is 2.33. The summed E-state index contributed by atoms with van der Waals surface area (Å²) in [6.07, 6.45) is 10.8. The minimum atomic E-state index is 0.0838. The highest BCUT2D eigenvalue weighted by atomic mass is 16.1. The molecule has 0 aromatic heterocycles. The first-order valence-corrected chi connectivity index (χ1v) is 9.20. The van der Waals surface area contributed by atoms with Gasteiger partial charge in [-0.2, -0.15) is 0 Å². The van der Waals surface area contributed by atoms with Gasteiger partial charge in [-0.25, -0.2) is 0 Å². The third-order valence-electron chi connectivity index (χ3n) is 4.87. The molecule has 0 heterocycles. The van der Waals surface area contributed by atoms with Crippen LogP contribution in [0.3, 0.4) is 0 Å². The molecule has 1 heteroatoms. The average Bonchev–Trinajstić information content (AvgIpc) is 3.44. The van der Waals surface area contributed by atoms with Crippen molar-refractivity contribution in [2.24, 2.45) is 5.92 Å². The first-order valence-electron chi connectivity index (χ1n) is 9.20. The van der Waals surface area contributed by atoms with Gasteiger partial charge in [0.2, 0.25) is 0 Å². The maximum atomic E-state index is 11.6. The van der Waals surface area contributed by atoms with E-state index < -0.39 is 0 Å². The lowest BCUT2D eigenvalue weighted by Gasteiger charge is -2.10. The fourth-order valence-electron chi connectivity index (χ4n) is 3.50. The fourth-order valence-corrected chi connectivity index (χ4v) is 3.50. The van der Waals surface area contributed by atoms with Crippen LogP contribution in [-0.4, -0.2) is 5.78 Å². The van der Waals surface area contributed by atoms with Crippen LogP contribution in [0.2, 0.25) is 0 Å². The van der Waals surface area contributed by atoms with Crippen LogP contribution in [0.4, 0.5) is 0 Å². The molecule has 2 aromatic rings. The van der Waals surface area contributed by atoms with Crippen LogP contribution >= 0.6 is 0 Å². The lowest BCUT2D eigenvalue weighted by Crippen LogP contribution is -1.92. The summed E-state index contributed by atoms with van der Waals surface area (Å²) in [5, 5.41) is 0. The Labute approximate surface area is 155 Å². The molecular formula is C25H22O. The predicted molar refractivity (Wildman–Crippen MR) is 108 cm³/mol. The Hall–Kier alpha value is -2.93. The highest BCUT2D eigenvalue weighted by molar-refractivity contribution is 5.98. The molecule has 0 unspecified atom stereocenters. The van der Waals surface area contributed by atoms with E-state index in [0.29, 0.717) is 5.92 Å². The van der Waals surface area contributed by atoms with Crippen molar-refractivity contribution in [2.45, 2.75) is 19.8 Å². The lowest BCUT2D eigenvalue weighted by molar-refractivity contribution is -0.112. The molecule has 1 fully saturated rings. The predicted octanol–water partition coefficient (Wildman–Crippen LogP) is 6.02. The minimum absolute atomic E-state index is 0.0838. The summed E-state index contributed by atoms with van der Waals surface area (Å²) in [5.74, 6) is 0.711. The van der Waals surface area contributed by atoms with E-state index in [9.17, 15) is 4.79 Å². The van der Waals surface area contributed by atoms with Crippen molar-refractivity contribution in [1.82, 2.24) is 0 Å². The summed E-state index contributed by atoms with van der Waals surface area (Å²) in [5.41, 5.74) is 7.44. The largest absolute Gasteiger partial charge is 0.295 e. The molecule has 2 aliphatic rings. The molecule has 26 heavy (non-hydrogen) atoms. The molecule has 0 radical (unpaired) electrons. The molecule has 0 bridgehead atoms. The van der Waals surface area contributed by atoms with Crippen molar-refractivity contribution in [1.29, 1.82) is 0 Å². The van der Waals surface area contributed by atoms with E-state index in [0.717, 1.165) is 0 Å². The highest BCUT2D eigenvalue weighted by Crippen LogP contribution is 2.49. The van der Waals surface area contributed by atoms with Crippen molar-refractivity contribution >= 4 is 17.4 Å². The van der Waals surface area contributed by atoms with Crippen molar-refractivity contribution in [3.05, 3.63) is 107 Å². The SMILES string of the molecule is CC(=O)/C=C\C1=C(c2ccccc2)C(=C/c2ccccc2)/C=C1C1CC1.